The third-order valence-corrected chi connectivity index (χ3v) is 4.59. The maximum absolute atomic E-state index is 3.78. The monoisotopic (exact) mass is 214 g/mol. The molecular weight excluding hydrogens is 196 g/mol. The predicted molar refractivity (Wildman–Crippen MR) is 64.3 cm³/mol. The van der Waals surface area contributed by atoms with Gasteiger partial charge in [-0.2, -0.15) is 0 Å². The van der Waals surface area contributed by atoms with Gasteiger partial charge in [-0.3, -0.25) is 4.90 Å². The average Bonchev–Trinajstić information content (AvgIpc) is 2.71. The van der Waals surface area contributed by atoms with Gasteiger partial charge in [0.05, 0.1) is 0 Å². The van der Waals surface area contributed by atoms with E-state index in [-0.39, 0.29) is 0 Å². The summed E-state index contributed by atoms with van der Waals surface area (Å²) in [6, 6.07) is 11.3. The van der Waals surface area contributed by atoms with E-state index in [0.717, 1.165) is 18.1 Å². The molecule has 0 spiro atoms. The van der Waals surface area contributed by atoms with Crippen molar-refractivity contribution < 1.29 is 0 Å². The highest BCUT2D eigenvalue weighted by Gasteiger charge is 2.41. The van der Waals surface area contributed by atoms with Crippen LogP contribution in [0.1, 0.15) is 24.0 Å². The Morgan fingerprint density at radius 3 is 2.94 bits per heavy atom. The van der Waals surface area contributed by atoms with Gasteiger partial charge in [-0.15, -0.1) is 0 Å². The van der Waals surface area contributed by atoms with Gasteiger partial charge < -0.3 is 5.32 Å². The van der Waals surface area contributed by atoms with Gasteiger partial charge in [0.1, 0.15) is 0 Å². The minimum Gasteiger partial charge on any atom is -0.308 e. The van der Waals surface area contributed by atoms with E-state index in [2.05, 4.69) is 34.5 Å². The first-order valence-corrected chi connectivity index (χ1v) is 6.47. The number of nitrogens with zero attached hydrogens (tertiary/aromatic N) is 1. The zero-order valence-corrected chi connectivity index (χ0v) is 9.52. The van der Waals surface area contributed by atoms with Crippen LogP contribution in [0.4, 0.5) is 0 Å². The summed E-state index contributed by atoms with van der Waals surface area (Å²) >= 11 is 0. The molecule has 3 unspecified atom stereocenters. The first-order chi connectivity index (χ1) is 7.90. The van der Waals surface area contributed by atoms with Crippen molar-refractivity contribution in [1.82, 2.24) is 10.2 Å². The number of fused-ring (bicyclic) bond motifs is 5. The molecule has 3 atom stereocenters. The Morgan fingerprint density at radius 1 is 1.12 bits per heavy atom. The van der Waals surface area contributed by atoms with Gasteiger partial charge in [-0.05, 0) is 30.4 Å². The standard InChI is InChI=1S/C14H18N2/c1-2-4-11-8-16-9-12-5-6-13(15-12)14(16)7-10(11)3-1/h1-4,12-15H,5-9H2. The first-order valence-electron chi connectivity index (χ1n) is 6.47. The molecule has 2 heteroatoms. The number of piperazine rings is 1. The minimum absolute atomic E-state index is 0.757. The van der Waals surface area contributed by atoms with Crippen LogP contribution < -0.4 is 5.32 Å². The Hall–Kier alpha value is -0.860. The number of hydrogen-bond donors (Lipinski definition) is 1. The fourth-order valence-electron chi connectivity index (χ4n) is 3.78. The third-order valence-electron chi connectivity index (χ3n) is 4.59. The zero-order chi connectivity index (χ0) is 10.5. The van der Waals surface area contributed by atoms with Crippen LogP contribution >= 0.6 is 0 Å². The zero-order valence-electron chi connectivity index (χ0n) is 9.52. The van der Waals surface area contributed by atoms with E-state index in [0.29, 0.717) is 0 Å². The lowest BCUT2D eigenvalue weighted by Gasteiger charge is -2.44. The summed E-state index contributed by atoms with van der Waals surface area (Å²) in [5.74, 6) is 0. The van der Waals surface area contributed by atoms with Gasteiger partial charge in [-0.1, -0.05) is 24.3 Å². The topological polar surface area (TPSA) is 15.3 Å². The van der Waals surface area contributed by atoms with E-state index < -0.39 is 0 Å². The SMILES string of the molecule is c1ccc2c(c1)CC1C3CCC(CN1C2)N3. The lowest BCUT2D eigenvalue weighted by molar-refractivity contribution is 0.101. The Labute approximate surface area is 96.6 Å². The number of rotatable bonds is 0. The predicted octanol–water partition coefficient (Wildman–Crippen LogP) is 1.55. The van der Waals surface area contributed by atoms with Crippen LogP contribution in [0.25, 0.3) is 0 Å². The molecule has 2 saturated heterocycles. The summed E-state index contributed by atoms with van der Waals surface area (Å²) < 4.78 is 0. The van der Waals surface area contributed by atoms with Crippen LogP contribution in [-0.4, -0.2) is 29.6 Å². The average molecular weight is 214 g/mol. The fourth-order valence-corrected chi connectivity index (χ4v) is 3.78. The minimum atomic E-state index is 0.757. The van der Waals surface area contributed by atoms with Crippen LogP contribution in [0.2, 0.25) is 0 Å². The van der Waals surface area contributed by atoms with Crippen molar-refractivity contribution in [3.8, 4) is 0 Å². The molecular formula is C14H18N2. The van der Waals surface area contributed by atoms with Gasteiger partial charge in [0, 0.05) is 31.2 Å². The van der Waals surface area contributed by atoms with Crippen LogP contribution in [0.3, 0.4) is 0 Å². The van der Waals surface area contributed by atoms with E-state index in [4.69, 9.17) is 0 Å². The molecule has 2 nitrogen and oxygen atoms in total. The molecule has 0 amide bonds. The number of hydrogen-bond acceptors (Lipinski definition) is 2. The molecule has 0 radical (unpaired) electrons. The second-order valence-corrected chi connectivity index (χ2v) is 5.52. The van der Waals surface area contributed by atoms with E-state index in [1.807, 2.05) is 0 Å². The van der Waals surface area contributed by atoms with Crippen LogP contribution in [0.15, 0.2) is 24.3 Å². The molecule has 84 valence electrons. The molecule has 3 aliphatic heterocycles. The van der Waals surface area contributed by atoms with Crippen molar-refractivity contribution >= 4 is 0 Å². The van der Waals surface area contributed by atoms with Crippen LogP contribution in [0, 0.1) is 0 Å². The smallest absolute Gasteiger partial charge is 0.0294 e. The second-order valence-electron chi connectivity index (χ2n) is 5.52. The van der Waals surface area contributed by atoms with Crippen molar-refractivity contribution in [1.29, 1.82) is 0 Å². The Kier molecular flexibility index (Phi) is 1.91. The lowest BCUT2D eigenvalue weighted by Crippen LogP contribution is -2.59. The quantitative estimate of drug-likeness (QED) is 0.705. The Morgan fingerprint density at radius 2 is 2.00 bits per heavy atom. The summed E-state index contributed by atoms with van der Waals surface area (Å²) in [6.45, 7) is 2.44. The molecule has 0 aromatic heterocycles. The van der Waals surface area contributed by atoms with E-state index >= 15 is 0 Å². The molecule has 0 aliphatic carbocycles. The van der Waals surface area contributed by atoms with Crippen molar-refractivity contribution in [2.24, 2.45) is 0 Å². The van der Waals surface area contributed by atoms with Gasteiger partial charge in [0.25, 0.3) is 0 Å². The summed E-state index contributed by atoms with van der Waals surface area (Å²) in [6.07, 6.45) is 4.02. The van der Waals surface area contributed by atoms with E-state index in [1.54, 1.807) is 11.1 Å². The lowest BCUT2D eigenvalue weighted by atomic mass is 9.89. The molecule has 1 aromatic rings. The first kappa shape index (κ1) is 9.20. The normalized spacial score (nSPS) is 36.9. The number of benzene rings is 1. The molecule has 3 aliphatic rings. The molecule has 1 aromatic carbocycles. The third kappa shape index (κ3) is 1.26. The fraction of sp³-hybridized carbons (Fsp3) is 0.571. The summed E-state index contributed by atoms with van der Waals surface area (Å²) in [4.78, 5) is 2.71. The van der Waals surface area contributed by atoms with Gasteiger partial charge in [0.15, 0.2) is 0 Å². The van der Waals surface area contributed by atoms with Gasteiger partial charge in [0.2, 0.25) is 0 Å². The number of nitrogens with one attached hydrogen (secondary N) is 1. The highest BCUT2D eigenvalue weighted by atomic mass is 15.3. The summed E-state index contributed by atoms with van der Waals surface area (Å²) in [5, 5.41) is 3.78. The van der Waals surface area contributed by atoms with Crippen molar-refractivity contribution in [2.45, 2.75) is 43.9 Å². The molecule has 3 heterocycles. The Bertz CT molecular complexity index is 415. The van der Waals surface area contributed by atoms with Crippen LogP contribution in [0.5, 0.6) is 0 Å². The van der Waals surface area contributed by atoms with Crippen molar-refractivity contribution in [3.63, 3.8) is 0 Å². The van der Waals surface area contributed by atoms with Crippen molar-refractivity contribution in [3.05, 3.63) is 35.4 Å². The van der Waals surface area contributed by atoms with E-state index in [1.165, 1.54) is 32.4 Å². The molecule has 1 N–H and O–H groups in total. The highest BCUT2D eigenvalue weighted by Crippen LogP contribution is 2.33. The van der Waals surface area contributed by atoms with E-state index in [9.17, 15) is 0 Å². The summed E-state index contributed by atoms with van der Waals surface area (Å²) in [5.41, 5.74) is 3.14. The second kappa shape index (κ2) is 3.31. The molecule has 2 bridgehead atoms. The summed E-state index contributed by atoms with van der Waals surface area (Å²) in [7, 11) is 0. The highest BCUT2D eigenvalue weighted by molar-refractivity contribution is 5.31. The molecule has 0 saturated carbocycles. The molecule has 4 rings (SSSR count). The Balaban J connectivity index is 1.70. The van der Waals surface area contributed by atoms with Crippen LogP contribution in [-0.2, 0) is 13.0 Å². The maximum atomic E-state index is 3.78. The molecule has 16 heavy (non-hydrogen) atoms. The largest absolute Gasteiger partial charge is 0.308 e. The van der Waals surface area contributed by atoms with Gasteiger partial charge in [-0.25, -0.2) is 0 Å². The van der Waals surface area contributed by atoms with Gasteiger partial charge >= 0.3 is 0 Å². The maximum Gasteiger partial charge on any atom is 0.0294 e. The van der Waals surface area contributed by atoms with Crippen molar-refractivity contribution in [2.75, 3.05) is 6.54 Å². The molecule has 2 fully saturated rings.